The SMILES string of the molecule is COc1ccc(-c2ccc([C@H]3CC[C@H](CCBr)CC3)cc2)c(F)c1F. The van der Waals surface area contributed by atoms with Gasteiger partial charge >= 0.3 is 0 Å². The average molecular weight is 409 g/mol. The maximum Gasteiger partial charge on any atom is 0.201 e. The molecular formula is C21H23BrF2O. The van der Waals surface area contributed by atoms with Crippen molar-refractivity contribution in [2.75, 3.05) is 12.4 Å². The van der Waals surface area contributed by atoms with E-state index in [0.717, 1.165) is 11.2 Å². The zero-order valence-corrected chi connectivity index (χ0v) is 16.0. The van der Waals surface area contributed by atoms with E-state index in [1.807, 2.05) is 12.1 Å². The smallest absolute Gasteiger partial charge is 0.201 e. The van der Waals surface area contributed by atoms with E-state index in [4.69, 9.17) is 4.74 Å². The van der Waals surface area contributed by atoms with Crippen molar-refractivity contribution in [3.05, 3.63) is 53.6 Å². The van der Waals surface area contributed by atoms with Gasteiger partial charge in [0, 0.05) is 10.9 Å². The molecule has 2 aromatic carbocycles. The molecule has 0 heterocycles. The fourth-order valence-corrected chi connectivity index (χ4v) is 4.43. The molecule has 1 nitrogen and oxygen atoms in total. The lowest BCUT2D eigenvalue weighted by Gasteiger charge is -2.28. The van der Waals surface area contributed by atoms with Gasteiger partial charge in [-0.25, -0.2) is 4.39 Å². The number of hydrogen-bond acceptors (Lipinski definition) is 1. The summed E-state index contributed by atoms with van der Waals surface area (Å²) in [5.41, 5.74) is 2.26. The summed E-state index contributed by atoms with van der Waals surface area (Å²) in [5.74, 6) is -0.445. The predicted octanol–water partition coefficient (Wildman–Crippen LogP) is 6.70. The van der Waals surface area contributed by atoms with E-state index in [0.29, 0.717) is 11.5 Å². The molecule has 0 aromatic heterocycles. The van der Waals surface area contributed by atoms with Gasteiger partial charge in [-0.1, -0.05) is 40.2 Å². The summed E-state index contributed by atoms with van der Waals surface area (Å²) in [7, 11) is 1.33. The third kappa shape index (κ3) is 4.05. The van der Waals surface area contributed by atoms with E-state index in [2.05, 4.69) is 28.1 Å². The van der Waals surface area contributed by atoms with E-state index >= 15 is 0 Å². The molecule has 1 fully saturated rings. The molecule has 134 valence electrons. The first-order valence-corrected chi connectivity index (χ1v) is 9.94. The van der Waals surface area contributed by atoms with Crippen LogP contribution in [0.15, 0.2) is 36.4 Å². The summed E-state index contributed by atoms with van der Waals surface area (Å²) >= 11 is 3.53. The van der Waals surface area contributed by atoms with Crippen molar-refractivity contribution < 1.29 is 13.5 Å². The van der Waals surface area contributed by atoms with E-state index in [-0.39, 0.29) is 11.3 Å². The molecule has 1 aliphatic carbocycles. The molecule has 3 rings (SSSR count). The number of ether oxygens (including phenoxy) is 1. The molecule has 0 radical (unpaired) electrons. The molecule has 0 atom stereocenters. The first kappa shape index (κ1) is 18.4. The summed E-state index contributed by atoms with van der Waals surface area (Å²) in [6.07, 6.45) is 6.23. The molecule has 0 aliphatic heterocycles. The lowest BCUT2D eigenvalue weighted by molar-refractivity contribution is 0.321. The van der Waals surface area contributed by atoms with Gasteiger partial charge in [0.15, 0.2) is 11.6 Å². The van der Waals surface area contributed by atoms with Crippen LogP contribution in [0.1, 0.15) is 43.6 Å². The van der Waals surface area contributed by atoms with Crippen LogP contribution in [0.25, 0.3) is 11.1 Å². The van der Waals surface area contributed by atoms with Gasteiger partial charge in [0.25, 0.3) is 0 Å². The molecule has 0 amide bonds. The Morgan fingerprint density at radius 3 is 2.24 bits per heavy atom. The maximum atomic E-state index is 14.2. The molecule has 4 heteroatoms. The van der Waals surface area contributed by atoms with Gasteiger partial charge in [-0.05, 0) is 67.2 Å². The van der Waals surface area contributed by atoms with Crippen molar-refractivity contribution in [2.24, 2.45) is 5.92 Å². The highest BCUT2D eigenvalue weighted by Crippen LogP contribution is 2.38. The van der Waals surface area contributed by atoms with Crippen molar-refractivity contribution >= 4 is 15.9 Å². The van der Waals surface area contributed by atoms with Crippen LogP contribution in [-0.2, 0) is 0 Å². The van der Waals surface area contributed by atoms with Crippen molar-refractivity contribution in [3.8, 4) is 16.9 Å². The second-order valence-corrected chi connectivity index (χ2v) is 7.55. The predicted molar refractivity (Wildman–Crippen MR) is 101 cm³/mol. The second-order valence-electron chi connectivity index (χ2n) is 6.76. The van der Waals surface area contributed by atoms with Crippen LogP contribution >= 0.6 is 15.9 Å². The van der Waals surface area contributed by atoms with Gasteiger partial charge in [0.1, 0.15) is 0 Å². The molecule has 0 unspecified atom stereocenters. The molecule has 0 bridgehead atoms. The number of methoxy groups -OCH3 is 1. The number of halogens is 3. The lowest BCUT2D eigenvalue weighted by Crippen LogP contribution is -2.13. The monoisotopic (exact) mass is 408 g/mol. The summed E-state index contributed by atoms with van der Waals surface area (Å²) in [6.45, 7) is 0. The van der Waals surface area contributed by atoms with E-state index in [1.165, 1.54) is 50.8 Å². The summed E-state index contributed by atoms with van der Waals surface area (Å²) in [6, 6.07) is 10.9. The molecule has 0 spiro atoms. The molecular weight excluding hydrogens is 386 g/mol. The number of rotatable bonds is 5. The third-order valence-corrected chi connectivity index (χ3v) is 5.78. The minimum absolute atomic E-state index is 0.0712. The molecule has 1 saturated carbocycles. The minimum Gasteiger partial charge on any atom is -0.494 e. The van der Waals surface area contributed by atoms with Crippen LogP contribution in [0.4, 0.5) is 8.78 Å². The zero-order valence-electron chi connectivity index (χ0n) is 14.4. The molecule has 25 heavy (non-hydrogen) atoms. The van der Waals surface area contributed by atoms with Crippen LogP contribution in [-0.4, -0.2) is 12.4 Å². The Balaban J connectivity index is 1.74. The number of alkyl halides is 1. The van der Waals surface area contributed by atoms with Crippen molar-refractivity contribution in [3.63, 3.8) is 0 Å². The van der Waals surface area contributed by atoms with E-state index in [9.17, 15) is 8.78 Å². The van der Waals surface area contributed by atoms with Crippen molar-refractivity contribution in [2.45, 2.75) is 38.0 Å². The molecule has 0 N–H and O–H groups in total. The van der Waals surface area contributed by atoms with Gasteiger partial charge in [-0.3, -0.25) is 0 Å². The second kappa shape index (κ2) is 8.31. The standard InChI is InChI=1S/C21H23BrF2O/c1-25-19-11-10-18(20(23)21(19)24)17-8-6-16(7-9-17)15-4-2-14(3-5-15)12-13-22/h6-11,14-15H,2-5,12-13H2,1H3/t14-,15-. The Labute approximate surface area is 156 Å². The highest BCUT2D eigenvalue weighted by molar-refractivity contribution is 9.09. The molecule has 1 aliphatic rings. The summed E-state index contributed by atoms with van der Waals surface area (Å²) in [4.78, 5) is 0. The fourth-order valence-electron chi connectivity index (χ4n) is 3.79. The topological polar surface area (TPSA) is 9.23 Å². The summed E-state index contributed by atoms with van der Waals surface area (Å²) < 4.78 is 33.0. The molecule has 0 saturated heterocycles. The first-order valence-electron chi connectivity index (χ1n) is 8.82. The van der Waals surface area contributed by atoms with Crippen LogP contribution < -0.4 is 4.74 Å². The largest absolute Gasteiger partial charge is 0.494 e. The maximum absolute atomic E-state index is 14.2. The quantitative estimate of drug-likeness (QED) is 0.500. The zero-order chi connectivity index (χ0) is 17.8. The van der Waals surface area contributed by atoms with Crippen molar-refractivity contribution in [1.29, 1.82) is 0 Å². The fraction of sp³-hybridized carbons (Fsp3) is 0.429. The third-order valence-electron chi connectivity index (χ3n) is 5.32. The highest BCUT2D eigenvalue weighted by Gasteiger charge is 2.22. The Kier molecular flexibility index (Phi) is 6.10. The van der Waals surface area contributed by atoms with E-state index in [1.54, 1.807) is 6.07 Å². The van der Waals surface area contributed by atoms with E-state index < -0.39 is 11.6 Å². The van der Waals surface area contributed by atoms with Crippen molar-refractivity contribution in [1.82, 2.24) is 0 Å². The number of benzene rings is 2. The average Bonchev–Trinajstić information content (AvgIpc) is 2.65. The lowest BCUT2D eigenvalue weighted by atomic mass is 9.77. The normalized spacial score (nSPS) is 20.5. The van der Waals surface area contributed by atoms with Crippen LogP contribution in [0.2, 0.25) is 0 Å². The Morgan fingerprint density at radius 1 is 0.960 bits per heavy atom. The Morgan fingerprint density at radius 2 is 1.64 bits per heavy atom. The van der Waals surface area contributed by atoms with Gasteiger partial charge in [-0.15, -0.1) is 0 Å². The Bertz CT molecular complexity index is 707. The van der Waals surface area contributed by atoms with Gasteiger partial charge in [0.05, 0.1) is 7.11 Å². The Hall–Kier alpha value is -1.42. The van der Waals surface area contributed by atoms with Crippen LogP contribution in [0.5, 0.6) is 5.75 Å². The molecule has 2 aromatic rings. The van der Waals surface area contributed by atoms with Gasteiger partial charge < -0.3 is 4.74 Å². The first-order chi connectivity index (χ1) is 12.1. The van der Waals surface area contributed by atoms with Gasteiger partial charge in [-0.2, -0.15) is 4.39 Å². The van der Waals surface area contributed by atoms with Crippen LogP contribution in [0, 0.1) is 17.6 Å². The summed E-state index contributed by atoms with van der Waals surface area (Å²) in [5, 5.41) is 1.08. The van der Waals surface area contributed by atoms with Crippen LogP contribution in [0.3, 0.4) is 0 Å². The highest BCUT2D eigenvalue weighted by atomic mass is 79.9. The number of hydrogen-bond donors (Lipinski definition) is 0. The minimum atomic E-state index is -0.936. The van der Waals surface area contributed by atoms with Gasteiger partial charge in [0.2, 0.25) is 5.82 Å².